The molecule has 3 nitrogen and oxygen atoms in total. The summed E-state index contributed by atoms with van der Waals surface area (Å²) in [5.41, 5.74) is -0.472. The van der Waals surface area contributed by atoms with Crippen molar-refractivity contribution < 1.29 is 9.31 Å². The molecule has 2 fully saturated rings. The maximum Gasteiger partial charge on any atom is 0.463 e. The van der Waals surface area contributed by atoms with Gasteiger partial charge in [0.15, 0.2) is 0 Å². The van der Waals surface area contributed by atoms with Crippen LogP contribution in [-0.4, -0.2) is 31.4 Å². The molecule has 0 bridgehead atoms. The van der Waals surface area contributed by atoms with Gasteiger partial charge in [-0.05, 0) is 45.7 Å². The molecule has 2 unspecified atom stereocenters. The third-order valence-electron chi connectivity index (χ3n) is 4.79. The average molecular weight is 279 g/mol. The van der Waals surface area contributed by atoms with Crippen LogP contribution in [0.15, 0.2) is 17.5 Å². The van der Waals surface area contributed by atoms with Gasteiger partial charge in [-0.1, -0.05) is 6.07 Å². The second kappa shape index (κ2) is 4.59. The van der Waals surface area contributed by atoms with Crippen molar-refractivity contribution in [3.05, 3.63) is 22.4 Å². The Hall–Kier alpha value is -0.355. The van der Waals surface area contributed by atoms with Gasteiger partial charge in [-0.25, -0.2) is 0 Å². The summed E-state index contributed by atoms with van der Waals surface area (Å²) in [6.07, 6.45) is 0. The fourth-order valence-electron chi connectivity index (χ4n) is 2.86. The van der Waals surface area contributed by atoms with Gasteiger partial charge in [0.1, 0.15) is 0 Å². The van der Waals surface area contributed by atoms with Crippen molar-refractivity contribution in [2.45, 2.75) is 50.6 Å². The summed E-state index contributed by atoms with van der Waals surface area (Å²) in [7, 11) is -0.105. The molecule has 1 aromatic heterocycles. The van der Waals surface area contributed by atoms with Gasteiger partial charge in [-0.15, -0.1) is 11.3 Å². The topological polar surface area (TPSA) is 30.5 Å². The van der Waals surface area contributed by atoms with Crippen LogP contribution in [0.3, 0.4) is 0 Å². The first-order valence-corrected chi connectivity index (χ1v) is 7.88. The lowest BCUT2D eigenvalue weighted by molar-refractivity contribution is 0.00578. The minimum Gasteiger partial charge on any atom is -0.403 e. The molecule has 3 heterocycles. The van der Waals surface area contributed by atoms with E-state index < -0.39 is 0 Å². The lowest BCUT2D eigenvalue weighted by Gasteiger charge is -2.32. The van der Waals surface area contributed by atoms with E-state index in [9.17, 15) is 0 Å². The van der Waals surface area contributed by atoms with Gasteiger partial charge in [0.05, 0.1) is 11.2 Å². The highest BCUT2D eigenvalue weighted by atomic mass is 32.1. The number of nitrogens with one attached hydrogen (secondary N) is 1. The van der Waals surface area contributed by atoms with Crippen LogP contribution in [0, 0.1) is 0 Å². The van der Waals surface area contributed by atoms with Gasteiger partial charge in [-0.3, -0.25) is 0 Å². The standard InChI is InChI=1S/C14H22BNO2S/c1-13(2)14(3,4)18-15(17-13)11-9-16-8-10(11)12-6-5-7-19-12/h5-7,10-11,16H,8-9H2,1-4H3. The van der Waals surface area contributed by atoms with Gasteiger partial charge in [0.2, 0.25) is 0 Å². The fraction of sp³-hybridized carbons (Fsp3) is 0.714. The molecule has 2 atom stereocenters. The van der Waals surface area contributed by atoms with Crippen LogP contribution in [0.4, 0.5) is 0 Å². The van der Waals surface area contributed by atoms with Crippen molar-refractivity contribution in [2.75, 3.05) is 13.1 Å². The summed E-state index contributed by atoms with van der Waals surface area (Å²) < 4.78 is 12.4. The van der Waals surface area contributed by atoms with Crippen LogP contribution in [0.2, 0.25) is 5.82 Å². The highest BCUT2D eigenvalue weighted by Gasteiger charge is 2.55. The minimum absolute atomic E-state index is 0.105. The van der Waals surface area contributed by atoms with Crippen molar-refractivity contribution >= 4 is 18.5 Å². The number of hydrogen-bond acceptors (Lipinski definition) is 4. The maximum absolute atomic E-state index is 6.22. The van der Waals surface area contributed by atoms with Crippen LogP contribution in [-0.2, 0) is 9.31 Å². The molecule has 3 rings (SSSR count). The lowest BCUT2D eigenvalue weighted by Crippen LogP contribution is -2.41. The van der Waals surface area contributed by atoms with Crippen LogP contribution in [0.5, 0.6) is 0 Å². The average Bonchev–Trinajstić information content (AvgIpc) is 3.00. The number of hydrogen-bond donors (Lipinski definition) is 1. The highest BCUT2D eigenvalue weighted by molar-refractivity contribution is 7.10. The van der Waals surface area contributed by atoms with E-state index in [2.05, 4.69) is 50.5 Å². The molecule has 0 radical (unpaired) electrons. The predicted octanol–water partition coefficient (Wildman–Crippen LogP) is 2.90. The van der Waals surface area contributed by atoms with Crippen LogP contribution in [0.25, 0.3) is 0 Å². The largest absolute Gasteiger partial charge is 0.463 e. The molecule has 2 aliphatic rings. The molecule has 0 aromatic carbocycles. The Bertz CT molecular complexity index is 430. The van der Waals surface area contributed by atoms with Crippen LogP contribution >= 0.6 is 11.3 Å². The molecule has 0 saturated carbocycles. The Morgan fingerprint density at radius 2 is 1.89 bits per heavy atom. The van der Waals surface area contributed by atoms with Gasteiger partial charge < -0.3 is 14.6 Å². The van der Waals surface area contributed by atoms with Gasteiger partial charge >= 0.3 is 7.12 Å². The monoisotopic (exact) mass is 279 g/mol. The van der Waals surface area contributed by atoms with Crippen LogP contribution < -0.4 is 5.32 Å². The first-order valence-electron chi connectivity index (χ1n) is 7.00. The lowest BCUT2D eigenvalue weighted by atomic mass is 9.66. The summed E-state index contributed by atoms with van der Waals surface area (Å²) in [5.74, 6) is 0.911. The molecule has 2 saturated heterocycles. The second-order valence-electron chi connectivity index (χ2n) is 6.57. The molecule has 0 aliphatic carbocycles. The minimum atomic E-state index is -0.236. The Morgan fingerprint density at radius 1 is 1.21 bits per heavy atom. The fourth-order valence-corrected chi connectivity index (χ4v) is 3.77. The van der Waals surface area contributed by atoms with Crippen molar-refractivity contribution in [1.82, 2.24) is 5.32 Å². The molecule has 1 aromatic rings. The number of rotatable bonds is 2. The van der Waals surface area contributed by atoms with Gasteiger partial charge in [0.25, 0.3) is 0 Å². The zero-order chi connectivity index (χ0) is 13.7. The van der Waals surface area contributed by atoms with E-state index in [0.717, 1.165) is 13.1 Å². The van der Waals surface area contributed by atoms with Crippen molar-refractivity contribution in [3.63, 3.8) is 0 Å². The summed E-state index contributed by atoms with van der Waals surface area (Å²) in [4.78, 5) is 1.43. The van der Waals surface area contributed by atoms with Crippen LogP contribution in [0.1, 0.15) is 38.5 Å². The van der Waals surface area contributed by atoms with Crippen molar-refractivity contribution in [2.24, 2.45) is 0 Å². The molecule has 5 heteroatoms. The van der Waals surface area contributed by atoms with Gasteiger partial charge in [-0.2, -0.15) is 0 Å². The van der Waals surface area contributed by atoms with E-state index in [-0.39, 0.29) is 18.3 Å². The van der Waals surface area contributed by atoms with Crippen molar-refractivity contribution in [1.29, 1.82) is 0 Å². The van der Waals surface area contributed by atoms with Crippen molar-refractivity contribution in [3.8, 4) is 0 Å². The zero-order valence-corrected chi connectivity index (χ0v) is 12.9. The summed E-state index contributed by atoms with van der Waals surface area (Å²) >= 11 is 1.83. The molecule has 104 valence electrons. The van der Waals surface area contributed by atoms with E-state index in [1.165, 1.54) is 4.88 Å². The number of thiophene rings is 1. The Kier molecular flexibility index (Phi) is 3.29. The van der Waals surface area contributed by atoms with E-state index in [0.29, 0.717) is 11.7 Å². The summed E-state index contributed by atoms with van der Waals surface area (Å²) in [6.45, 7) is 10.5. The highest BCUT2D eigenvalue weighted by Crippen LogP contribution is 2.45. The van der Waals surface area contributed by atoms with E-state index in [1.807, 2.05) is 11.3 Å². The zero-order valence-electron chi connectivity index (χ0n) is 12.1. The maximum atomic E-state index is 6.22. The SMILES string of the molecule is CC1(C)OB(C2CNCC2c2cccs2)OC1(C)C. The normalized spacial score (nSPS) is 32.9. The third-order valence-corrected chi connectivity index (χ3v) is 5.80. The molecule has 1 N–H and O–H groups in total. The molecule has 0 amide bonds. The van der Waals surface area contributed by atoms with E-state index in [4.69, 9.17) is 9.31 Å². The summed E-state index contributed by atoms with van der Waals surface area (Å²) in [5, 5.41) is 5.64. The molecular formula is C14H22BNO2S. The Morgan fingerprint density at radius 3 is 2.47 bits per heavy atom. The first-order chi connectivity index (χ1) is 8.91. The smallest absolute Gasteiger partial charge is 0.403 e. The summed E-state index contributed by atoms with van der Waals surface area (Å²) in [6, 6.07) is 4.35. The molecular weight excluding hydrogens is 257 g/mol. The molecule has 0 spiro atoms. The molecule has 19 heavy (non-hydrogen) atoms. The Balaban J connectivity index is 1.80. The Labute approximate surface area is 119 Å². The van der Waals surface area contributed by atoms with E-state index >= 15 is 0 Å². The first kappa shape index (κ1) is 13.6. The third kappa shape index (κ3) is 2.27. The molecule has 2 aliphatic heterocycles. The van der Waals surface area contributed by atoms with Gasteiger partial charge in [0, 0.05) is 23.2 Å². The predicted molar refractivity (Wildman–Crippen MR) is 79.8 cm³/mol. The quantitative estimate of drug-likeness (QED) is 0.844. The second-order valence-corrected chi connectivity index (χ2v) is 7.55. The van der Waals surface area contributed by atoms with E-state index in [1.54, 1.807) is 0 Å².